The number of imidazole rings is 2. The van der Waals surface area contributed by atoms with Crippen LogP contribution in [0.2, 0.25) is 0 Å². The molecule has 0 aliphatic carbocycles. The zero-order chi connectivity index (χ0) is 20.7. The van der Waals surface area contributed by atoms with Crippen LogP contribution in [0.5, 0.6) is 0 Å². The Hall–Kier alpha value is -4.44. The maximum atomic E-state index is 12.7. The molecule has 2 N–H and O–H groups in total. The van der Waals surface area contributed by atoms with Crippen LogP contribution in [0.25, 0.3) is 32.7 Å². The number of nitrogens with one attached hydrogen (secondary N) is 2. The molecule has 30 heavy (non-hydrogen) atoms. The van der Waals surface area contributed by atoms with Gasteiger partial charge in [0, 0.05) is 11.9 Å². The van der Waals surface area contributed by atoms with Gasteiger partial charge in [-0.15, -0.1) is 0 Å². The summed E-state index contributed by atoms with van der Waals surface area (Å²) in [4.78, 5) is 28.1. The smallest absolute Gasteiger partial charge is 0.278 e. The summed E-state index contributed by atoms with van der Waals surface area (Å²) < 4.78 is 1.87. The zero-order valence-corrected chi connectivity index (χ0v) is 16.0. The predicted molar refractivity (Wildman–Crippen MR) is 116 cm³/mol. The highest BCUT2D eigenvalue weighted by atomic mass is 16.2. The third kappa shape index (κ3) is 3.06. The summed E-state index contributed by atoms with van der Waals surface area (Å²) in [5.41, 5.74) is 6.05. The second-order valence-corrected chi connectivity index (χ2v) is 6.96. The van der Waals surface area contributed by atoms with Crippen molar-refractivity contribution in [2.24, 2.45) is 0 Å². The number of aromatic amines is 1. The Bertz CT molecular complexity index is 1470. The molecule has 1 amide bonds. The molecule has 3 aromatic heterocycles. The molecular formula is C23H16N6O. The minimum atomic E-state index is -0.331. The van der Waals surface area contributed by atoms with Crippen LogP contribution in [0.4, 0.5) is 11.6 Å². The molecule has 0 fully saturated rings. The Morgan fingerprint density at radius 2 is 1.90 bits per heavy atom. The number of pyridine rings is 1. The van der Waals surface area contributed by atoms with Crippen molar-refractivity contribution < 1.29 is 4.79 Å². The lowest BCUT2D eigenvalue weighted by atomic mass is 10.0. The van der Waals surface area contributed by atoms with Crippen molar-refractivity contribution in [2.75, 3.05) is 5.32 Å². The lowest BCUT2D eigenvalue weighted by Crippen LogP contribution is -2.13. The summed E-state index contributed by atoms with van der Waals surface area (Å²) in [5.74, 6) is 0.0259. The van der Waals surface area contributed by atoms with E-state index in [0.29, 0.717) is 17.3 Å². The van der Waals surface area contributed by atoms with E-state index in [0.717, 1.165) is 33.5 Å². The third-order valence-corrected chi connectivity index (χ3v) is 4.95. The van der Waals surface area contributed by atoms with Crippen LogP contribution in [-0.4, -0.2) is 25.3 Å². The van der Waals surface area contributed by atoms with Crippen molar-refractivity contribution in [3.63, 3.8) is 0 Å². The summed E-state index contributed by atoms with van der Waals surface area (Å²) in [6, 6.07) is 19.0. The number of fused-ring (bicyclic) bond motifs is 2. The van der Waals surface area contributed by atoms with Gasteiger partial charge in [-0.1, -0.05) is 30.3 Å². The molecule has 0 spiro atoms. The second kappa shape index (κ2) is 6.87. The summed E-state index contributed by atoms with van der Waals surface area (Å²) in [5, 5.41) is 2.78. The monoisotopic (exact) mass is 392 g/mol. The molecule has 0 aliphatic heterocycles. The third-order valence-electron chi connectivity index (χ3n) is 4.95. The Morgan fingerprint density at radius 1 is 1.07 bits per heavy atom. The number of nitrogens with zero attached hydrogens (tertiary/aromatic N) is 4. The van der Waals surface area contributed by atoms with Crippen LogP contribution >= 0.6 is 0 Å². The minimum Gasteiger partial charge on any atom is -0.324 e. The van der Waals surface area contributed by atoms with Crippen molar-refractivity contribution in [2.45, 2.75) is 6.92 Å². The standard InChI is InChI=1S/C23H16N6O/c1-14-5-3-8-21-25-20(13-29(14)21)22(30)28-23-26-18-10-9-16(12-19(18)27-23)15-6-4-7-17(11-15)24-2/h3-13H,1H3,(H2,26,27,28,30). The fourth-order valence-electron chi connectivity index (χ4n) is 3.43. The van der Waals surface area contributed by atoms with E-state index in [9.17, 15) is 4.79 Å². The topological polar surface area (TPSA) is 79.4 Å². The number of aryl methyl sites for hydroxylation is 1. The molecule has 0 saturated heterocycles. The first-order valence-electron chi connectivity index (χ1n) is 9.34. The van der Waals surface area contributed by atoms with Gasteiger partial charge in [0.15, 0.2) is 5.69 Å². The molecule has 144 valence electrons. The van der Waals surface area contributed by atoms with Crippen molar-refractivity contribution in [3.8, 4) is 11.1 Å². The number of carbonyl (C=O) groups excluding carboxylic acids is 1. The predicted octanol–water partition coefficient (Wildman–Crippen LogP) is 4.99. The Kier molecular flexibility index (Phi) is 4.04. The lowest BCUT2D eigenvalue weighted by molar-refractivity contribution is 0.102. The molecule has 0 aliphatic rings. The van der Waals surface area contributed by atoms with Gasteiger partial charge < -0.3 is 9.38 Å². The summed E-state index contributed by atoms with van der Waals surface area (Å²) in [7, 11) is 0. The van der Waals surface area contributed by atoms with Gasteiger partial charge in [-0.05, 0) is 48.4 Å². The molecule has 2 aromatic carbocycles. The maximum absolute atomic E-state index is 12.7. The van der Waals surface area contributed by atoms with E-state index in [4.69, 9.17) is 6.57 Å². The molecular weight excluding hydrogens is 376 g/mol. The molecule has 7 nitrogen and oxygen atoms in total. The van der Waals surface area contributed by atoms with E-state index in [1.807, 2.05) is 65.9 Å². The van der Waals surface area contributed by atoms with Gasteiger partial charge in [0.1, 0.15) is 11.3 Å². The number of hydrogen-bond donors (Lipinski definition) is 2. The first-order chi connectivity index (χ1) is 14.6. The van der Waals surface area contributed by atoms with E-state index < -0.39 is 0 Å². The molecule has 3 heterocycles. The van der Waals surface area contributed by atoms with E-state index in [2.05, 4.69) is 25.1 Å². The van der Waals surface area contributed by atoms with Crippen LogP contribution in [0.15, 0.2) is 66.9 Å². The van der Waals surface area contributed by atoms with Gasteiger partial charge in [0.25, 0.3) is 5.91 Å². The fourth-order valence-corrected chi connectivity index (χ4v) is 3.43. The first-order valence-corrected chi connectivity index (χ1v) is 9.34. The van der Waals surface area contributed by atoms with Gasteiger partial charge >= 0.3 is 0 Å². The number of amides is 1. The first kappa shape index (κ1) is 17.6. The molecule has 0 unspecified atom stereocenters. The van der Waals surface area contributed by atoms with Crippen molar-refractivity contribution in [3.05, 3.63) is 89.7 Å². The zero-order valence-electron chi connectivity index (χ0n) is 16.0. The van der Waals surface area contributed by atoms with Crippen molar-refractivity contribution in [1.29, 1.82) is 0 Å². The highest BCUT2D eigenvalue weighted by molar-refractivity contribution is 6.03. The van der Waals surface area contributed by atoms with Crippen molar-refractivity contribution in [1.82, 2.24) is 19.4 Å². The van der Waals surface area contributed by atoms with Gasteiger partial charge in [-0.25, -0.2) is 14.8 Å². The number of anilines is 1. The number of aromatic nitrogens is 4. The SMILES string of the molecule is [C-]#[N+]c1cccc(-c2ccc3[nH]c(NC(=O)c4cn5c(C)cccc5n4)nc3c2)c1. The van der Waals surface area contributed by atoms with Crippen LogP contribution in [0, 0.1) is 13.5 Å². The molecule has 5 aromatic rings. The van der Waals surface area contributed by atoms with Crippen molar-refractivity contribution >= 4 is 34.2 Å². The number of rotatable bonds is 3. The van der Waals surface area contributed by atoms with E-state index in [1.54, 1.807) is 12.3 Å². The molecule has 0 saturated carbocycles. The van der Waals surface area contributed by atoms with Gasteiger partial charge in [0.2, 0.25) is 5.95 Å². The summed E-state index contributed by atoms with van der Waals surface area (Å²) in [6.45, 7) is 9.14. The normalized spacial score (nSPS) is 10.9. The van der Waals surface area contributed by atoms with E-state index in [1.165, 1.54) is 0 Å². The second-order valence-electron chi connectivity index (χ2n) is 6.96. The van der Waals surface area contributed by atoms with E-state index >= 15 is 0 Å². The Balaban J connectivity index is 1.44. The number of carbonyl (C=O) groups is 1. The lowest BCUT2D eigenvalue weighted by Gasteiger charge is -2.01. The van der Waals surface area contributed by atoms with Gasteiger partial charge in [-0.3, -0.25) is 10.1 Å². The average molecular weight is 392 g/mol. The molecule has 0 bridgehead atoms. The Morgan fingerprint density at radius 3 is 2.73 bits per heavy atom. The number of hydrogen-bond acceptors (Lipinski definition) is 3. The largest absolute Gasteiger partial charge is 0.324 e. The highest BCUT2D eigenvalue weighted by Gasteiger charge is 2.14. The molecule has 0 radical (unpaired) electrons. The van der Waals surface area contributed by atoms with Crippen LogP contribution in [0.1, 0.15) is 16.2 Å². The summed E-state index contributed by atoms with van der Waals surface area (Å²) in [6.07, 6.45) is 1.71. The van der Waals surface area contributed by atoms with E-state index in [-0.39, 0.29) is 5.91 Å². The molecule has 0 atom stereocenters. The van der Waals surface area contributed by atoms with Gasteiger partial charge in [0.05, 0.1) is 17.6 Å². The number of benzene rings is 2. The molecule has 7 heteroatoms. The molecule has 5 rings (SSSR count). The minimum absolute atomic E-state index is 0.321. The summed E-state index contributed by atoms with van der Waals surface area (Å²) >= 11 is 0. The highest BCUT2D eigenvalue weighted by Crippen LogP contribution is 2.27. The number of H-pyrrole nitrogens is 1. The van der Waals surface area contributed by atoms with Crippen LogP contribution in [-0.2, 0) is 0 Å². The quantitative estimate of drug-likeness (QED) is 0.425. The average Bonchev–Trinajstić information content (AvgIpc) is 3.37. The Labute approximate surface area is 171 Å². The van der Waals surface area contributed by atoms with Gasteiger partial charge in [-0.2, -0.15) is 0 Å². The van der Waals surface area contributed by atoms with Crippen LogP contribution in [0.3, 0.4) is 0 Å². The maximum Gasteiger partial charge on any atom is 0.278 e. The fraction of sp³-hybridized carbons (Fsp3) is 0.0435. The van der Waals surface area contributed by atoms with Crippen LogP contribution < -0.4 is 5.32 Å².